The number of hydrogen-bond donors (Lipinski definition) is 2. The van der Waals surface area contributed by atoms with Crippen molar-refractivity contribution in [2.24, 2.45) is 5.73 Å². The molecule has 0 spiro atoms. The second kappa shape index (κ2) is 8.26. The summed E-state index contributed by atoms with van der Waals surface area (Å²) < 4.78 is 1.13. The molecule has 5 nitrogen and oxygen atoms in total. The van der Waals surface area contributed by atoms with Crippen molar-refractivity contribution in [3.05, 3.63) is 83.1 Å². The summed E-state index contributed by atoms with van der Waals surface area (Å²) in [4.78, 5) is 29.8. The Morgan fingerprint density at radius 3 is 2.60 bits per heavy atom. The number of nitrogens with zero attached hydrogens (tertiary/aromatic N) is 1. The van der Waals surface area contributed by atoms with Crippen molar-refractivity contribution in [2.75, 3.05) is 5.32 Å². The van der Waals surface area contributed by atoms with Gasteiger partial charge in [-0.05, 0) is 48.2 Å². The number of benzene rings is 2. The summed E-state index contributed by atoms with van der Waals surface area (Å²) in [6.45, 7) is 1.78. The number of carbonyl (C=O) groups excluding carboxylic acids is 2. The molecule has 2 heterocycles. The van der Waals surface area contributed by atoms with E-state index in [1.54, 1.807) is 48.7 Å². The topological polar surface area (TPSA) is 85.1 Å². The van der Waals surface area contributed by atoms with Gasteiger partial charge in [-0.2, -0.15) is 0 Å². The molecular weight excluding hydrogens is 418 g/mol. The molecule has 0 saturated carbocycles. The fourth-order valence-corrected chi connectivity index (χ4v) is 4.41. The van der Waals surface area contributed by atoms with Gasteiger partial charge in [0.2, 0.25) is 11.8 Å². The van der Waals surface area contributed by atoms with E-state index in [4.69, 9.17) is 17.3 Å². The molecule has 1 unspecified atom stereocenters. The monoisotopic (exact) mass is 435 g/mol. The highest BCUT2D eigenvalue weighted by atomic mass is 35.5. The molecule has 4 aromatic rings. The first kappa shape index (κ1) is 20.1. The number of fused-ring (bicyclic) bond motifs is 1. The Morgan fingerprint density at radius 2 is 1.90 bits per heavy atom. The van der Waals surface area contributed by atoms with Gasteiger partial charge in [-0.15, -0.1) is 11.3 Å². The van der Waals surface area contributed by atoms with Crippen LogP contribution in [0.5, 0.6) is 0 Å². The summed E-state index contributed by atoms with van der Waals surface area (Å²) in [5.74, 6) is -1.20. The number of rotatable bonds is 5. The predicted molar refractivity (Wildman–Crippen MR) is 122 cm³/mol. The Bertz CT molecular complexity index is 1220. The highest BCUT2D eigenvalue weighted by Gasteiger charge is 2.18. The number of aromatic nitrogens is 1. The number of nitrogens with two attached hydrogens (primary N) is 1. The van der Waals surface area contributed by atoms with Crippen LogP contribution in [0.15, 0.2) is 66.9 Å². The number of halogens is 1. The van der Waals surface area contributed by atoms with Crippen LogP contribution in [-0.2, 0) is 4.79 Å². The van der Waals surface area contributed by atoms with Gasteiger partial charge in [0.1, 0.15) is 5.15 Å². The maximum atomic E-state index is 12.7. The van der Waals surface area contributed by atoms with Gasteiger partial charge in [-0.3, -0.25) is 9.59 Å². The lowest BCUT2D eigenvalue weighted by molar-refractivity contribution is -0.117. The van der Waals surface area contributed by atoms with Crippen molar-refractivity contribution in [2.45, 2.75) is 12.8 Å². The minimum absolute atomic E-state index is 0.218. The Balaban J connectivity index is 1.62. The summed E-state index contributed by atoms with van der Waals surface area (Å²) >= 11 is 7.40. The first-order valence-electron chi connectivity index (χ1n) is 9.27. The average Bonchev–Trinajstić information content (AvgIpc) is 3.17. The van der Waals surface area contributed by atoms with E-state index in [0.717, 1.165) is 26.1 Å². The third-order valence-corrected chi connectivity index (χ3v) is 6.26. The SMILES string of the molecule is CC(C(=O)Nc1ccc(-c2cc3ccccc3s2)c(C(N)=O)c1)c1ccc(Cl)nc1. The minimum atomic E-state index is -0.548. The Labute approximate surface area is 182 Å². The van der Waals surface area contributed by atoms with E-state index in [2.05, 4.69) is 10.3 Å². The van der Waals surface area contributed by atoms with Gasteiger partial charge >= 0.3 is 0 Å². The van der Waals surface area contributed by atoms with Crippen molar-refractivity contribution in [1.29, 1.82) is 0 Å². The molecule has 0 saturated heterocycles. The molecule has 30 heavy (non-hydrogen) atoms. The molecule has 0 radical (unpaired) electrons. The molecule has 0 aliphatic rings. The number of carbonyl (C=O) groups is 2. The van der Waals surface area contributed by atoms with Crippen LogP contribution in [0, 0.1) is 0 Å². The van der Waals surface area contributed by atoms with Crippen molar-refractivity contribution in [3.8, 4) is 10.4 Å². The van der Waals surface area contributed by atoms with Gasteiger partial charge in [0, 0.05) is 32.6 Å². The quantitative estimate of drug-likeness (QED) is 0.408. The second-order valence-corrected chi connectivity index (χ2v) is 8.37. The number of hydrogen-bond acceptors (Lipinski definition) is 4. The maximum absolute atomic E-state index is 12.7. The first-order chi connectivity index (χ1) is 14.4. The lowest BCUT2D eigenvalue weighted by atomic mass is 10.0. The van der Waals surface area contributed by atoms with Crippen LogP contribution >= 0.6 is 22.9 Å². The first-order valence-corrected chi connectivity index (χ1v) is 10.5. The Kier molecular flexibility index (Phi) is 5.53. The largest absolute Gasteiger partial charge is 0.366 e. The lowest BCUT2D eigenvalue weighted by Gasteiger charge is -2.14. The molecule has 1 atom stereocenters. The smallest absolute Gasteiger partial charge is 0.249 e. The Hall–Kier alpha value is -3.22. The van der Waals surface area contributed by atoms with Gasteiger partial charge in [-0.1, -0.05) is 41.9 Å². The van der Waals surface area contributed by atoms with Crippen LogP contribution in [0.3, 0.4) is 0 Å². The molecule has 0 aliphatic carbocycles. The summed E-state index contributed by atoms with van der Waals surface area (Å²) in [5, 5.41) is 4.33. The summed E-state index contributed by atoms with van der Waals surface area (Å²) in [6, 6.07) is 18.7. The number of nitrogens with one attached hydrogen (secondary N) is 1. The maximum Gasteiger partial charge on any atom is 0.249 e. The van der Waals surface area contributed by atoms with Crippen molar-refractivity contribution >= 4 is 50.5 Å². The van der Waals surface area contributed by atoms with Crippen LogP contribution in [0.1, 0.15) is 28.8 Å². The van der Waals surface area contributed by atoms with Crippen molar-refractivity contribution < 1.29 is 9.59 Å². The highest BCUT2D eigenvalue weighted by molar-refractivity contribution is 7.22. The summed E-state index contributed by atoms with van der Waals surface area (Å²) in [5.41, 5.74) is 8.00. The summed E-state index contributed by atoms with van der Waals surface area (Å²) in [6.07, 6.45) is 1.58. The molecule has 0 bridgehead atoms. The molecule has 3 N–H and O–H groups in total. The number of pyridine rings is 1. The lowest BCUT2D eigenvalue weighted by Crippen LogP contribution is -2.20. The second-order valence-electron chi connectivity index (χ2n) is 6.90. The summed E-state index contributed by atoms with van der Waals surface area (Å²) in [7, 11) is 0. The molecule has 4 rings (SSSR count). The van der Waals surface area contributed by atoms with Crippen LogP contribution in [0.2, 0.25) is 5.15 Å². The average molecular weight is 436 g/mol. The molecule has 2 amide bonds. The molecule has 0 aliphatic heterocycles. The van der Waals surface area contributed by atoms with Gasteiger partial charge in [0.25, 0.3) is 0 Å². The normalized spacial score (nSPS) is 11.9. The Morgan fingerprint density at radius 1 is 1.10 bits per heavy atom. The molecule has 150 valence electrons. The van der Waals surface area contributed by atoms with Gasteiger partial charge in [-0.25, -0.2) is 4.98 Å². The van der Waals surface area contributed by atoms with E-state index >= 15 is 0 Å². The molecule has 0 fully saturated rings. The van der Waals surface area contributed by atoms with E-state index in [0.29, 0.717) is 16.4 Å². The van der Waals surface area contributed by atoms with Crippen LogP contribution in [0.4, 0.5) is 5.69 Å². The number of anilines is 1. The van der Waals surface area contributed by atoms with Crippen LogP contribution < -0.4 is 11.1 Å². The van der Waals surface area contributed by atoms with E-state index in [9.17, 15) is 9.59 Å². The standard InChI is InChI=1S/C23H18ClN3O2S/c1-13(15-6-9-21(24)26-12-15)23(29)27-16-7-8-17(18(11-16)22(25)28)20-10-14-4-2-3-5-19(14)30-20/h2-13H,1H3,(H2,25,28)(H,27,29). The minimum Gasteiger partial charge on any atom is -0.366 e. The highest BCUT2D eigenvalue weighted by Crippen LogP contribution is 2.36. The molecular formula is C23H18ClN3O2S. The van der Waals surface area contributed by atoms with Gasteiger partial charge in [0.15, 0.2) is 0 Å². The third kappa shape index (κ3) is 4.06. The van der Waals surface area contributed by atoms with E-state index in [-0.39, 0.29) is 5.91 Å². The van der Waals surface area contributed by atoms with Crippen molar-refractivity contribution in [1.82, 2.24) is 4.98 Å². The van der Waals surface area contributed by atoms with Gasteiger partial charge < -0.3 is 11.1 Å². The zero-order chi connectivity index (χ0) is 21.3. The van der Waals surface area contributed by atoms with Crippen LogP contribution in [-0.4, -0.2) is 16.8 Å². The number of amides is 2. The zero-order valence-corrected chi connectivity index (χ0v) is 17.6. The van der Waals surface area contributed by atoms with E-state index in [1.165, 1.54) is 0 Å². The fraction of sp³-hybridized carbons (Fsp3) is 0.0870. The fourth-order valence-electron chi connectivity index (χ4n) is 3.20. The van der Waals surface area contributed by atoms with E-state index in [1.807, 2.05) is 36.4 Å². The zero-order valence-electron chi connectivity index (χ0n) is 16.1. The number of primary amides is 1. The molecule has 7 heteroatoms. The third-order valence-electron chi connectivity index (χ3n) is 4.89. The van der Waals surface area contributed by atoms with Crippen molar-refractivity contribution in [3.63, 3.8) is 0 Å². The predicted octanol–water partition coefficient (Wildman–Crippen LogP) is 5.46. The van der Waals surface area contributed by atoms with E-state index < -0.39 is 11.8 Å². The van der Waals surface area contributed by atoms with Crippen LogP contribution in [0.25, 0.3) is 20.5 Å². The molecule has 2 aromatic carbocycles. The number of thiophene rings is 1. The molecule has 2 aromatic heterocycles. The van der Waals surface area contributed by atoms with Gasteiger partial charge in [0.05, 0.1) is 5.92 Å².